The Morgan fingerprint density at radius 2 is 2.11 bits per heavy atom. The highest BCUT2D eigenvalue weighted by Gasteiger charge is 2.22. The number of nitrogens with one attached hydrogen (secondary N) is 1. The highest BCUT2D eigenvalue weighted by molar-refractivity contribution is 5.86. The average Bonchev–Trinajstić information content (AvgIpc) is 2.75. The molecule has 1 aromatic heterocycles. The summed E-state index contributed by atoms with van der Waals surface area (Å²) in [4.78, 5) is 22.7. The van der Waals surface area contributed by atoms with Crippen molar-refractivity contribution in [2.24, 2.45) is 0 Å². The maximum atomic E-state index is 11.9. The molecular weight excluding hydrogens is 248 g/mol. The number of unbranched alkanes of at least 4 members (excludes halogenated alkanes) is 2. The minimum Gasteiger partial charge on any atom is -0.476 e. The largest absolute Gasteiger partial charge is 0.476 e. The molecule has 1 rings (SSSR count). The van der Waals surface area contributed by atoms with Gasteiger partial charge in [-0.25, -0.2) is 9.48 Å². The van der Waals surface area contributed by atoms with E-state index in [0.717, 1.165) is 19.3 Å². The van der Waals surface area contributed by atoms with Gasteiger partial charge in [-0.15, -0.1) is 5.10 Å². The molecule has 7 nitrogen and oxygen atoms in total. The SMILES string of the molecule is CCCCCNC(=O)C(C)n1nnc(C(=O)O)c1C. The zero-order chi connectivity index (χ0) is 14.4. The molecule has 0 fully saturated rings. The molecule has 1 atom stereocenters. The van der Waals surface area contributed by atoms with Gasteiger partial charge in [0.2, 0.25) is 5.91 Å². The number of carbonyl (C=O) groups is 2. The van der Waals surface area contributed by atoms with E-state index >= 15 is 0 Å². The first-order chi connectivity index (χ1) is 8.99. The van der Waals surface area contributed by atoms with Crippen molar-refractivity contribution < 1.29 is 14.7 Å². The van der Waals surface area contributed by atoms with Crippen molar-refractivity contribution in [3.8, 4) is 0 Å². The van der Waals surface area contributed by atoms with Crippen LogP contribution in [-0.4, -0.2) is 38.5 Å². The summed E-state index contributed by atoms with van der Waals surface area (Å²) < 4.78 is 1.33. The van der Waals surface area contributed by atoms with Gasteiger partial charge in [-0.3, -0.25) is 4.79 Å². The molecule has 0 radical (unpaired) electrons. The van der Waals surface area contributed by atoms with Crippen molar-refractivity contribution in [1.82, 2.24) is 20.3 Å². The molecule has 0 aliphatic heterocycles. The van der Waals surface area contributed by atoms with Crippen LogP contribution in [0.4, 0.5) is 0 Å². The van der Waals surface area contributed by atoms with Crippen molar-refractivity contribution in [2.45, 2.75) is 46.1 Å². The monoisotopic (exact) mass is 268 g/mol. The first-order valence-electron chi connectivity index (χ1n) is 6.41. The highest BCUT2D eigenvalue weighted by atomic mass is 16.4. The molecule has 7 heteroatoms. The van der Waals surface area contributed by atoms with Crippen LogP contribution in [0.2, 0.25) is 0 Å². The Balaban J connectivity index is 2.64. The summed E-state index contributed by atoms with van der Waals surface area (Å²) in [6, 6.07) is -0.567. The Hall–Kier alpha value is -1.92. The first kappa shape index (κ1) is 15.1. The lowest BCUT2D eigenvalue weighted by atomic mass is 10.2. The number of nitrogens with zero attached hydrogens (tertiary/aromatic N) is 3. The zero-order valence-electron chi connectivity index (χ0n) is 11.5. The number of carboxylic acid groups (broad SMARTS) is 1. The molecule has 1 unspecified atom stereocenters. The number of aromatic carboxylic acids is 1. The Labute approximate surface area is 112 Å². The third kappa shape index (κ3) is 3.77. The molecule has 19 heavy (non-hydrogen) atoms. The van der Waals surface area contributed by atoms with Crippen LogP contribution >= 0.6 is 0 Å². The molecule has 1 heterocycles. The number of carbonyl (C=O) groups excluding carboxylic acids is 1. The maximum absolute atomic E-state index is 11.9. The molecule has 0 saturated heterocycles. The average molecular weight is 268 g/mol. The van der Waals surface area contributed by atoms with Gasteiger partial charge in [0, 0.05) is 6.54 Å². The second kappa shape index (κ2) is 6.86. The predicted molar refractivity (Wildman–Crippen MR) is 69.0 cm³/mol. The molecule has 0 aliphatic rings. The molecule has 0 aliphatic carbocycles. The lowest BCUT2D eigenvalue weighted by Gasteiger charge is -2.13. The van der Waals surface area contributed by atoms with Crippen molar-refractivity contribution in [2.75, 3.05) is 6.54 Å². The number of carboxylic acids is 1. The van der Waals surface area contributed by atoms with Gasteiger partial charge in [-0.2, -0.15) is 0 Å². The van der Waals surface area contributed by atoms with Crippen LogP contribution in [0.15, 0.2) is 0 Å². The fraction of sp³-hybridized carbons (Fsp3) is 0.667. The summed E-state index contributed by atoms with van der Waals surface area (Å²) >= 11 is 0. The van der Waals surface area contributed by atoms with Gasteiger partial charge >= 0.3 is 5.97 Å². The van der Waals surface area contributed by atoms with Crippen LogP contribution < -0.4 is 5.32 Å². The van der Waals surface area contributed by atoms with E-state index in [1.54, 1.807) is 13.8 Å². The van der Waals surface area contributed by atoms with Crippen molar-refractivity contribution in [1.29, 1.82) is 0 Å². The number of amides is 1. The van der Waals surface area contributed by atoms with E-state index in [2.05, 4.69) is 22.6 Å². The third-order valence-corrected chi connectivity index (χ3v) is 2.96. The van der Waals surface area contributed by atoms with Crippen molar-refractivity contribution >= 4 is 11.9 Å². The normalized spacial score (nSPS) is 12.2. The van der Waals surface area contributed by atoms with E-state index < -0.39 is 12.0 Å². The number of rotatable bonds is 7. The van der Waals surface area contributed by atoms with Gasteiger partial charge < -0.3 is 10.4 Å². The van der Waals surface area contributed by atoms with Crippen LogP contribution in [0.25, 0.3) is 0 Å². The Kier molecular flexibility index (Phi) is 5.47. The minimum absolute atomic E-state index is 0.120. The minimum atomic E-state index is -1.14. The van der Waals surface area contributed by atoms with Crippen LogP contribution in [0, 0.1) is 6.92 Å². The van der Waals surface area contributed by atoms with Crippen molar-refractivity contribution in [3.63, 3.8) is 0 Å². The van der Waals surface area contributed by atoms with E-state index in [-0.39, 0.29) is 11.6 Å². The van der Waals surface area contributed by atoms with Gasteiger partial charge in [-0.05, 0) is 20.3 Å². The second-order valence-electron chi connectivity index (χ2n) is 4.45. The van der Waals surface area contributed by atoms with Crippen molar-refractivity contribution in [3.05, 3.63) is 11.4 Å². The van der Waals surface area contributed by atoms with E-state index in [4.69, 9.17) is 5.11 Å². The van der Waals surface area contributed by atoms with E-state index in [0.29, 0.717) is 12.2 Å². The summed E-state index contributed by atoms with van der Waals surface area (Å²) in [6.07, 6.45) is 3.10. The van der Waals surface area contributed by atoms with E-state index in [1.807, 2.05) is 0 Å². The lowest BCUT2D eigenvalue weighted by molar-refractivity contribution is -0.124. The molecule has 0 saturated carbocycles. The second-order valence-corrected chi connectivity index (χ2v) is 4.45. The molecule has 1 amide bonds. The Bertz CT molecular complexity index is 456. The molecular formula is C12H20N4O3. The molecule has 1 aromatic rings. The summed E-state index contributed by atoms with van der Waals surface area (Å²) in [7, 11) is 0. The standard InChI is InChI=1S/C12H20N4O3/c1-4-5-6-7-13-11(17)9(3)16-8(2)10(12(18)19)14-15-16/h9H,4-7H2,1-3H3,(H,13,17)(H,18,19). The number of aromatic nitrogens is 3. The van der Waals surface area contributed by atoms with Gasteiger partial charge in [0.1, 0.15) is 6.04 Å². The highest BCUT2D eigenvalue weighted by Crippen LogP contribution is 2.11. The Morgan fingerprint density at radius 3 is 2.63 bits per heavy atom. The zero-order valence-corrected chi connectivity index (χ0v) is 11.5. The van der Waals surface area contributed by atoms with Gasteiger partial charge in [-0.1, -0.05) is 25.0 Å². The number of hydrogen-bond donors (Lipinski definition) is 2. The first-order valence-corrected chi connectivity index (χ1v) is 6.41. The lowest BCUT2D eigenvalue weighted by Crippen LogP contribution is -2.32. The smallest absolute Gasteiger partial charge is 0.358 e. The molecule has 0 spiro atoms. The summed E-state index contributed by atoms with van der Waals surface area (Å²) in [5.41, 5.74) is 0.259. The topological polar surface area (TPSA) is 97.1 Å². The quantitative estimate of drug-likeness (QED) is 0.723. The van der Waals surface area contributed by atoms with Gasteiger partial charge in [0.25, 0.3) is 0 Å². The fourth-order valence-corrected chi connectivity index (χ4v) is 1.75. The van der Waals surface area contributed by atoms with Crippen LogP contribution in [0.3, 0.4) is 0 Å². The van der Waals surface area contributed by atoms with Gasteiger partial charge in [0.05, 0.1) is 5.69 Å². The molecule has 106 valence electrons. The van der Waals surface area contributed by atoms with Crippen LogP contribution in [-0.2, 0) is 4.79 Å². The molecule has 0 aromatic carbocycles. The van der Waals surface area contributed by atoms with E-state index in [9.17, 15) is 9.59 Å². The summed E-state index contributed by atoms with van der Waals surface area (Å²) in [5, 5.41) is 19.0. The van der Waals surface area contributed by atoms with Crippen LogP contribution in [0.1, 0.15) is 55.3 Å². The van der Waals surface area contributed by atoms with E-state index in [1.165, 1.54) is 4.68 Å². The summed E-state index contributed by atoms with van der Waals surface area (Å²) in [5.74, 6) is -1.32. The number of hydrogen-bond acceptors (Lipinski definition) is 4. The fourth-order valence-electron chi connectivity index (χ4n) is 1.75. The van der Waals surface area contributed by atoms with Crippen LogP contribution in [0.5, 0.6) is 0 Å². The van der Waals surface area contributed by atoms with Gasteiger partial charge in [0.15, 0.2) is 5.69 Å². The molecule has 2 N–H and O–H groups in total. The summed E-state index contributed by atoms with van der Waals surface area (Å²) in [6.45, 7) is 5.97. The third-order valence-electron chi connectivity index (χ3n) is 2.96. The Morgan fingerprint density at radius 1 is 1.42 bits per heavy atom. The predicted octanol–water partition coefficient (Wildman–Crippen LogP) is 1.15. The maximum Gasteiger partial charge on any atom is 0.358 e. The molecule has 0 bridgehead atoms.